The smallest absolute Gasteiger partial charge is 0.191 e. The maximum Gasteiger partial charge on any atom is 0.191 e. The minimum Gasteiger partial charge on any atom is -0.370 e. The number of hydrogen-bond donors (Lipinski definition) is 1. The average molecular weight is 238 g/mol. The molecule has 2 fully saturated rings. The lowest BCUT2D eigenvalue weighted by atomic mass is 10.2. The van der Waals surface area contributed by atoms with Crippen molar-refractivity contribution in [3.63, 3.8) is 0 Å². The SMILES string of the molecule is CN(CC1CCCN1C)C(N)=NC1CCCC1. The zero-order valence-corrected chi connectivity index (χ0v) is 11.2. The second-order valence-electron chi connectivity index (χ2n) is 5.58. The molecule has 4 nitrogen and oxygen atoms in total. The fraction of sp³-hybridized carbons (Fsp3) is 0.923. The number of nitrogens with two attached hydrogens (primary N) is 1. The molecule has 1 saturated carbocycles. The summed E-state index contributed by atoms with van der Waals surface area (Å²) in [6.07, 6.45) is 7.68. The van der Waals surface area contributed by atoms with Gasteiger partial charge in [0, 0.05) is 19.6 Å². The highest BCUT2D eigenvalue weighted by Gasteiger charge is 2.23. The molecule has 1 heterocycles. The lowest BCUT2D eigenvalue weighted by Gasteiger charge is -2.26. The van der Waals surface area contributed by atoms with Gasteiger partial charge >= 0.3 is 0 Å². The Labute approximate surface area is 105 Å². The second-order valence-corrected chi connectivity index (χ2v) is 5.58. The molecule has 0 spiro atoms. The number of hydrogen-bond acceptors (Lipinski definition) is 2. The maximum absolute atomic E-state index is 6.08. The van der Waals surface area contributed by atoms with Crippen LogP contribution in [0.2, 0.25) is 0 Å². The van der Waals surface area contributed by atoms with E-state index in [-0.39, 0.29) is 0 Å². The maximum atomic E-state index is 6.08. The van der Waals surface area contributed by atoms with Crippen LogP contribution in [-0.4, -0.2) is 55.0 Å². The van der Waals surface area contributed by atoms with E-state index in [0.29, 0.717) is 12.1 Å². The van der Waals surface area contributed by atoms with E-state index in [4.69, 9.17) is 5.73 Å². The van der Waals surface area contributed by atoms with Gasteiger partial charge in [-0.25, -0.2) is 4.99 Å². The van der Waals surface area contributed by atoms with Crippen molar-refractivity contribution in [3.8, 4) is 0 Å². The minimum absolute atomic E-state index is 0.485. The van der Waals surface area contributed by atoms with E-state index in [1.807, 2.05) is 0 Å². The van der Waals surface area contributed by atoms with Crippen molar-refractivity contribution in [2.24, 2.45) is 10.7 Å². The topological polar surface area (TPSA) is 44.9 Å². The van der Waals surface area contributed by atoms with Crippen LogP contribution in [0.15, 0.2) is 4.99 Å². The van der Waals surface area contributed by atoms with E-state index in [0.717, 1.165) is 12.5 Å². The van der Waals surface area contributed by atoms with Crippen molar-refractivity contribution in [1.82, 2.24) is 9.80 Å². The van der Waals surface area contributed by atoms with Gasteiger partial charge in [-0.3, -0.25) is 0 Å². The first-order chi connectivity index (χ1) is 8.16. The summed E-state index contributed by atoms with van der Waals surface area (Å²) in [7, 11) is 4.27. The first-order valence-corrected chi connectivity index (χ1v) is 6.91. The van der Waals surface area contributed by atoms with Crippen LogP contribution in [0.1, 0.15) is 38.5 Å². The van der Waals surface area contributed by atoms with Crippen molar-refractivity contribution in [1.29, 1.82) is 0 Å². The largest absolute Gasteiger partial charge is 0.370 e. The standard InChI is InChI=1S/C13H26N4/c1-16-9-5-8-12(16)10-17(2)13(14)15-11-6-3-4-7-11/h11-12H,3-10H2,1-2H3,(H2,14,15). The Kier molecular flexibility index (Phi) is 4.26. The van der Waals surface area contributed by atoms with Gasteiger partial charge in [0.1, 0.15) is 0 Å². The number of likely N-dealkylation sites (tertiary alicyclic amines) is 1. The highest BCUT2D eigenvalue weighted by Crippen LogP contribution is 2.21. The molecule has 2 rings (SSSR count). The van der Waals surface area contributed by atoms with Crippen LogP contribution < -0.4 is 5.73 Å². The molecule has 0 amide bonds. The number of guanidine groups is 1. The summed E-state index contributed by atoms with van der Waals surface area (Å²) in [6.45, 7) is 2.23. The molecular formula is C13H26N4. The van der Waals surface area contributed by atoms with Crippen LogP contribution >= 0.6 is 0 Å². The van der Waals surface area contributed by atoms with Gasteiger partial charge < -0.3 is 15.5 Å². The quantitative estimate of drug-likeness (QED) is 0.595. The van der Waals surface area contributed by atoms with Crippen molar-refractivity contribution in [3.05, 3.63) is 0 Å². The number of nitrogens with zero attached hydrogens (tertiary/aromatic N) is 3. The van der Waals surface area contributed by atoms with Crippen LogP contribution in [0.25, 0.3) is 0 Å². The van der Waals surface area contributed by atoms with E-state index >= 15 is 0 Å². The Hall–Kier alpha value is -0.770. The summed E-state index contributed by atoms with van der Waals surface area (Å²) < 4.78 is 0. The predicted molar refractivity (Wildman–Crippen MR) is 72.2 cm³/mol. The molecule has 98 valence electrons. The molecule has 17 heavy (non-hydrogen) atoms. The van der Waals surface area contributed by atoms with Gasteiger partial charge in [-0.05, 0) is 39.3 Å². The molecule has 0 aromatic rings. The molecule has 1 aliphatic carbocycles. The molecule has 0 aromatic carbocycles. The van der Waals surface area contributed by atoms with E-state index in [9.17, 15) is 0 Å². The van der Waals surface area contributed by atoms with E-state index in [1.165, 1.54) is 45.1 Å². The van der Waals surface area contributed by atoms with Crippen LogP contribution in [0.3, 0.4) is 0 Å². The third-order valence-corrected chi connectivity index (χ3v) is 4.19. The minimum atomic E-state index is 0.485. The molecule has 1 atom stereocenters. The van der Waals surface area contributed by atoms with Gasteiger partial charge in [-0.2, -0.15) is 0 Å². The number of likely N-dealkylation sites (N-methyl/N-ethyl adjacent to an activating group) is 2. The van der Waals surface area contributed by atoms with E-state index < -0.39 is 0 Å². The van der Waals surface area contributed by atoms with Crippen molar-refractivity contribution >= 4 is 5.96 Å². The Morgan fingerprint density at radius 3 is 2.59 bits per heavy atom. The van der Waals surface area contributed by atoms with E-state index in [1.54, 1.807) is 0 Å². The second kappa shape index (κ2) is 5.71. The molecule has 0 radical (unpaired) electrons. The fourth-order valence-electron chi connectivity index (χ4n) is 2.94. The summed E-state index contributed by atoms with van der Waals surface area (Å²) in [6, 6.07) is 1.14. The summed E-state index contributed by atoms with van der Waals surface area (Å²) in [5, 5.41) is 0. The van der Waals surface area contributed by atoms with Crippen molar-refractivity contribution < 1.29 is 0 Å². The average Bonchev–Trinajstić information content (AvgIpc) is 2.91. The Balaban J connectivity index is 1.83. The molecule has 1 aliphatic heterocycles. The van der Waals surface area contributed by atoms with Crippen molar-refractivity contribution in [2.75, 3.05) is 27.2 Å². The van der Waals surface area contributed by atoms with Crippen LogP contribution in [0, 0.1) is 0 Å². The molecule has 1 unspecified atom stereocenters. The Morgan fingerprint density at radius 1 is 1.29 bits per heavy atom. The third-order valence-electron chi connectivity index (χ3n) is 4.19. The van der Waals surface area contributed by atoms with Gasteiger partial charge in [0.15, 0.2) is 5.96 Å². The molecule has 2 N–H and O–H groups in total. The van der Waals surface area contributed by atoms with Gasteiger partial charge in [0.25, 0.3) is 0 Å². The Bertz CT molecular complexity index is 271. The van der Waals surface area contributed by atoms with Gasteiger partial charge in [-0.1, -0.05) is 12.8 Å². The van der Waals surface area contributed by atoms with Crippen LogP contribution in [0.5, 0.6) is 0 Å². The van der Waals surface area contributed by atoms with Gasteiger partial charge in [0.2, 0.25) is 0 Å². The van der Waals surface area contributed by atoms with Crippen LogP contribution in [-0.2, 0) is 0 Å². The molecule has 2 aliphatic rings. The highest BCUT2D eigenvalue weighted by atomic mass is 15.3. The molecule has 1 saturated heterocycles. The number of rotatable bonds is 3. The zero-order chi connectivity index (χ0) is 12.3. The third kappa shape index (κ3) is 3.35. The lowest BCUT2D eigenvalue weighted by molar-refractivity contribution is 0.266. The summed E-state index contributed by atoms with van der Waals surface area (Å²) in [5.74, 6) is 0.734. The summed E-state index contributed by atoms with van der Waals surface area (Å²) >= 11 is 0. The van der Waals surface area contributed by atoms with E-state index in [2.05, 4.69) is 28.9 Å². The van der Waals surface area contributed by atoms with Crippen molar-refractivity contribution in [2.45, 2.75) is 50.6 Å². The number of aliphatic imine (C=N–C) groups is 1. The normalized spacial score (nSPS) is 27.9. The lowest BCUT2D eigenvalue weighted by Crippen LogP contribution is -2.43. The monoisotopic (exact) mass is 238 g/mol. The molecule has 4 heteroatoms. The zero-order valence-electron chi connectivity index (χ0n) is 11.2. The first kappa shape index (κ1) is 12.7. The van der Waals surface area contributed by atoms with Gasteiger partial charge in [0.05, 0.1) is 6.04 Å². The fourth-order valence-corrected chi connectivity index (χ4v) is 2.94. The van der Waals surface area contributed by atoms with Crippen LogP contribution in [0.4, 0.5) is 0 Å². The summed E-state index contributed by atoms with van der Waals surface area (Å²) in [5.41, 5.74) is 6.08. The molecule has 0 bridgehead atoms. The molecular weight excluding hydrogens is 212 g/mol. The highest BCUT2D eigenvalue weighted by molar-refractivity contribution is 5.78. The summed E-state index contributed by atoms with van der Waals surface area (Å²) in [4.78, 5) is 9.20. The Morgan fingerprint density at radius 2 is 2.00 bits per heavy atom. The first-order valence-electron chi connectivity index (χ1n) is 6.91. The predicted octanol–water partition coefficient (Wildman–Crippen LogP) is 1.27. The van der Waals surface area contributed by atoms with Gasteiger partial charge in [-0.15, -0.1) is 0 Å². The molecule has 0 aromatic heterocycles.